The average molecular weight is 327 g/mol. The van der Waals surface area contributed by atoms with Crippen LogP contribution in [0.1, 0.15) is 13.3 Å². The molecule has 0 aromatic rings. The van der Waals surface area contributed by atoms with Crippen molar-refractivity contribution in [2.75, 3.05) is 6.61 Å². The Hall–Kier alpha value is -1.94. The molecule has 0 spiro atoms. The SMILES string of the molecule is C[C@H](N)C(=O)OC[C@H]1O[C@@H](N2C=CCC(C(N)=O)=C2)[C@H](O)[C@@H]1O. The van der Waals surface area contributed by atoms with Crippen molar-refractivity contribution in [1.29, 1.82) is 0 Å². The number of hydrogen-bond acceptors (Lipinski definition) is 8. The Morgan fingerprint density at radius 1 is 1.48 bits per heavy atom. The Bertz CT molecular complexity index is 533. The fourth-order valence-corrected chi connectivity index (χ4v) is 2.31. The van der Waals surface area contributed by atoms with Gasteiger partial charge in [-0.1, -0.05) is 6.08 Å². The molecule has 0 radical (unpaired) electrons. The largest absolute Gasteiger partial charge is 0.462 e. The number of nitrogens with two attached hydrogens (primary N) is 2. The molecule has 6 N–H and O–H groups in total. The van der Waals surface area contributed by atoms with E-state index in [-0.39, 0.29) is 6.61 Å². The first-order valence-corrected chi connectivity index (χ1v) is 7.19. The summed E-state index contributed by atoms with van der Waals surface area (Å²) in [6, 6.07) is -0.791. The van der Waals surface area contributed by atoms with Crippen LogP contribution in [0, 0.1) is 0 Å². The molecule has 23 heavy (non-hydrogen) atoms. The summed E-state index contributed by atoms with van der Waals surface area (Å²) >= 11 is 0. The maximum atomic E-state index is 11.4. The van der Waals surface area contributed by atoms with E-state index in [0.29, 0.717) is 12.0 Å². The monoisotopic (exact) mass is 327 g/mol. The number of amides is 1. The Morgan fingerprint density at radius 3 is 2.78 bits per heavy atom. The fraction of sp³-hybridized carbons (Fsp3) is 0.571. The molecule has 0 bridgehead atoms. The van der Waals surface area contributed by atoms with E-state index in [0.717, 1.165) is 0 Å². The fourth-order valence-electron chi connectivity index (χ4n) is 2.31. The standard InChI is InChI=1S/C14H21N3O6/c1-7(15)14(21)22-6-9-10(18)11(19)13(23-9)17-4-2-3-8(5-17)12(16)20/h2,4-5,7,9-11,13,18-19H,3,6,15H2,1H3,(H2,16,20)/t7-,9+,10+,11+,13+/m0/s1. The second-order valence-electron chi connectivity index (χ2n) is 5.52. The summed E-state index contributed by atoms with van der Waals surface area (Å²) in [6.45, 7) is 1.24. The maximum Gasteiger partial charge on any atom is 0.322 e. The highest BCUT2D eigenvalue weighted by Crippen LogP contribution is 2.27. The maximum absolute atomic E-state index is 11.4. The van der Waals surface area contributed by atoms with Crippen molar-refractivity contribution in [3.8, 4) is 0 Å². The van der Waals surface area contributed by atoms with Gasteiger partial charge in [0.1, 0.15) is 31.0 Å². The van der Waals surface area contributed by atoms with Crippen molar-refractivity contribution in [2.24, 2.45) is 11.5 Å². The molecular formula is C14H21N3O6. The summed E-state index contributed by atoms with van der Waals surface area (Å²) < 4.78 is 10.5. The zero-order valence-electron chi connectivity index (χ0n) is 12.7. The van der Waals surface area contributed by atoms with Gasteiger partial charge in [0.05, 0.1) is 0 Å². The zero-order chi connectivity index (χ0) is 17.1. The van der Waals surface area contributed by atoms with Crippen molar-refractivity contribution in [3.05, 3.63) is 24.0 Å². The molecule has 0 saturated carbocycles. The van der Waals surface area contributed by atoms with Crippen LogP contribution in [0.4, 0.5) is 0 Å². The molecule has 2 aliphatic rings. The van der Waals surface area contributed by atoms with Crippen LogP contribution in [-0.4, -0.2) is 64.2 Å². The molecule has 0 aromatic heterocycles. The second-order valence-corrected chi connectivity index (χ2v) is 5.52. The van der Waals surface area contributed by atoms with Crippen LogP contribution in [0.15, 0.2) is 24.0 Å². The molecule has 0 aliphatic carbocycles. The molecule has 9 heteroatoms. The Kier molecular flexibility index (Phi) is 5.37. The minimum absolute atomic E-state index is 0.237. The molecule has 2 aliphatic heterocycles. The first kappa shape index (κ1) is 17.4. The minimum atomic E-state index is -1.25. The van der Waals surface area contributed by atoms with E-state index in [9.17, 15) is 19.8 Å². The van der Waals surface area contributed by atoms with Crippen LogP contribution in [0.2, 0.25) is 0 Å². The molecule has 0 unspecified atom stereocenters. The van der Waals surface area contributed by atoms with Crippen LogP contribution in [0.5, 0.6) is 0 Å². The first-order chi connectivity index (χ1) is 10.8. The number of carbonyl (C=O) groups is 2. The minimum Gasteiger partial charge on any atom is -0.462 e. The summed E-state index contributed by atoms with van der Waals surface area (Å²) in [7, 11) is 0. The van der Waals surface area contributed by atoms with E-state index < -0.39 is 42.5 Å². The summed E-state index contributed by atoms with van der Waals surface area (Å²) in [6.07, 6.45) is 0.818. The van der Waals surface area contributed by atoms with E-state index in [2.05, 4.69) is 0 Å². The molecule has 5 atom stereocenters. The van der Waals surface area contributed by atoms with Gasteiger partial charge in [-0.3, -0.25) is 9.59 Å². The number of hydrogen-bond donors (Lipinski definition) is 4. The highest BCUT2D eigenvalue weighted by atomic mass is 16.6. The third kappa shape index (κ3) is 3.88. The molecular weight excluding hydrogens is 306 g/mol. The predicted molar refractivity (Wildman–Crippen MR) is 78.2 cm³/mol. The van der Waals surface area contributed by atoms with Crippen LogP contribution < -0.4 is 11.5 Å². The van der Waals surface area contributed by atoms with Gasteiger partial charge in [0.25, 0.3) is 0 Å². The lowest BCUT2D eigenvalue weighted by Gasteiger charge is -2.28. The van der Waals surface area contributed by atoms with Gasteiger partial charge in [0.15, 0.2) is 6.23 Å². The number of rotatable bonds is 5. The third-order valence-electron chi connectivity index (χ3n) is 3.63. The van der Waals surface area contributed by atoms with Gasteiger partial charge in [0, 0.05) is 18.0 Å². The van der Waals surface area contributed by atoms with Crippen LogP contribution >= 0.6 is 0 Å². The van der Waals surface area contributed by atoms with E-state index in [1.165, 1.54) is 18.0 Å². The zero-order valence-corrected chi connectivity index (χ0v) is 12.7. The number of ether oxygens (including phenoxy) is 2. The van der Waals surface area contributed by atoms with E-state index in [1.807, 2.05) is 0 Å². The van der Waals surface area contributed by atoms with Crippen molar-refractivity contribution in [3.63, 3.8) is 0 Å². The molecule has 1 fully saturated rings. The van der Waals surface area contributed by atoms with Crippen molar-refractivity contribution in [2.45, 2.75) is 43.9 Å². The smallest absolute Gasteiger partial charge is 0.322 e. The third-order valence-corrected chi connectivity index (χ3v) is 3.63. The lowest BCUT2D eigenvalue weighted by atomic mass is 10.1. The van der Waals surface area contributed by atoms with Gasteiger partial charge in [-0.15, -0.1) is 0 Å². The summed E-state index contributed by atoms with van der Waals surface area (Å²) in [5, 5.41) is 20.1. The summed E-state index contributed by atoms with van der Waals surface area (Å²) in [4.78, 5) is 24.0. The van der Waals surface area contributed by atoms with Crippen LogP contribution in [0.25, 0.3) is 0 Å². The number of aliphatic hydroxyl groups is 2. The molecule has 1 saturated heterocycles. The molecule has 2 rings (SSSR count). The van der Waals surface area contributed by atoms with Crippen molar-refractivity contribution in [1.82, 2.24) is 4.90 Å². The van der Waals surface area contributed by atoms with Crippen LogP contribution in [0.3, 0.4) is 0 Å². The highest BCUT2D eigenvalue weighted by Gasteiger charge is 2.45. The number of primary amides is 1. The van der Waals surface area contributed by atoms with Gasteiger partial charge in [-0.25, -0.2) is 0 Å². The van der Waals surface area contributed by atoms with E-state index in [1.54, 1.807) is 12.3 Å². The second kappa shape index (κ2) is 7.09. The number of carbonyl (C=O) groups excluding carboxylic acids is 2. The molecule has 128 valence electrons. The topological polar surface area (TPSA) is 148 Å². The summed E-state index contributed by atoms with van der Waals surface area (Å²) in [5.74, 6) is -1.21. The number of aliphatic hydroxyl groups excluding tert-OH is 2. The highest BCUT2D eigenvalue weighted by molar-refractivity contribution is 5.92. The number of nitrogens with zero attached hydrogens (tertiary/aromatic N) is 1. The lowest BCUT2D eigenvalue weighted by Crippen LogP contribution is -2.40. The summed E-state index contributed by atoms with van der Waals surface area (Å²) in [5.41, 5.74) is 11.0. The van der Waals surface area contributed by atoms with E-state index in [4.69, 9.17) is 20.9 Å². The number of allylic oxidation sites excluding steroid dienone is 1. The van der Waals surface area contributed by atoms with E-state index >= 15 is 0 Å². The first-order valence-electron chi connectivity index (χ1n) is 7.19. The Morgan fingerprint density at radius 2 is 2.17 bits per heavy atom. The van der Waals surface area contributed by atoms with Gasteiger partial charge < -0.3 is 36.1 Å². The average Bonchev–Trinajstić information content (AvgIpc) is 2.80. The molecule has 2 heterocycles. The lowest BCUT2D eigenvalue weighted by molar-refractivity contribution is -0.151. The van der Waals surface area contributed by atoms with Crippen LogP contribution in [-0.2, 0) is 19.1 Å². The Balaban J connectivity index is 2.02. The normalized spacial score (nSPS) is 31.7. The van der Waals surface area contributed by atoms with Gasteiger partial charge in [0.2, 0.25) is 5.91 Å². The van der Waals surface area contributed by atoms with Crippen molar-refractivity contribution >= 4 is 11.9 Å². The van der Waals surface area contributed by atoms with Crippen molar-refractivity contribution < 1.29 is 29.3 Å². The van der Waals surface area contributed by atoms with Gasteiger partial charge >= 0.3 is 5.97 Å². The molecule has 0 aromatic carbocycles. The quantitative estimate of drug-likeness (QED) is 0.420. The van der Waals surface area contributed by atoms with Gasteiger partial charge in [-0.2, -0.15) is 0 Å². The predicted octanol–water partition coefficient (Wildman–Crippen LogP) is -2.09. The molecule has 1 amide bonds. The number of esters is 1. The molecule has 9 nitrogen and oxygen atoms in total. The van der Waals surface area contributed by atoms with Gasteiger partial charge in [-0.05, 0) is 13.3 Å². The Labute approximate surface area is 133 Å².